The van der Waals surface area contributed by atoms with Crippen molar-refractivity contribution in [2.45, 2.75) is 63.6 Å². The summed E-state index contributed by atoms with van der Waals surface area (Å²) in [6, 6.07) is 5.26. The molecule has 4 rings (SSSR count). The normalized spacial score (nSPS) is 21.1. The van der Waals surface area contributed by atoms with Crippen LogP contribution in [-0.2, 0) is 27.9 Å². The molecule has 8 nitrogen and oxygen atoms in total. The zero-order valence-corrected chi connectivity index (χ0v) is 18.8. The van der Waals surface area contributed by atoms with Crippen LogP contribution in [0.25, 0.3) is 11.0 Å². The van der Waals surface area contributed by atoms with E-state index in [1.807, 2.05) is 19.9 Å². The molecule has 2 aliphatic heterocycles. The molecular formula is C21H31N5O3S. The minimum absolute atomic E-state index is 0.0165. The summed E-state index contributed by atoms with van der Waals surface area (Å²) in [7, 11) is -3.50. The van der Waals surface area contributed by atoms with Crippen molar-refractivity contribution in [2.24, 2.45) is 0 Å². The number of piperidine rings is 1. The van der Waals surface area contributed by atoms with Crippen molar-refractivity contribution >= 4 is 27.0 Å². The van der Waals surface area contributed by atoms with Gasteiger partial charge >= 0.3 is 0 Å². The second-order valence-electron chi connectivity index (χ2n) is 8.62. The highest BCUT2D eigenvalue weighted by Gasteiger charge is 2.38. The van der Waals surface area contributed by atoms with Gasteiger partial charge in [-0.15, -0.1) is 0 Å². The van der Waals surface area contributed by atoms with Gasteiger partial charge in [0.05, 0.1) is 28.0 Å². The Morgan fingerprint density at radius 2 is 1.87 bits per heavy atom. The zero-order valence-electron chi connectivity index (χ0n) is 18.0. The first-order valence-electron chi connectivity index (χ1n) is 10.8. The smallest absolute Gasteiger partial charge is 0.243 e. The number of nitrogens with zero attached hydrogens (tertiary/aromatic N) is 4. The van der Waals surface area contributed by atoms with Crippen molar-refractivity contribution in [3.05, 3.63) is 24.0 Å². The number of imidazole rings is 1. The van der Waals surface area contributed by atoms with E-state index in [1.165, 1.54) is 0 Å². The number of fused-ring (bicyclic) bond motifs is 1. The predicted molar refractivity (Wildman–Crippen MR) is 116 cm³/mol. The number of benzene rings is 1. The molecule has 164 valence electrons. The minimum Gasteiger partial charge on any atom is -0.353 e. The first-order valence-corrected chi connectivity index (χ1v) is 12.2. The number of piperazine rings is 1. The van der Waals surface area contributed by atoms with Crippen molar-refractivity contribution < 1.29 is 13.2 Å². The Bertz CT molecular complexity index is 1050. The summed E-state index contributed by atoms with van der Waals surface area (Å²) >= 11 is 0. The minimum atomic E-state index is -3.50. The molecule has 2 fully saturated rings. The number of hydrogen-bond donors (Lipinski definition) is 1. The van der Waals surface area contributed by atoms with Gasteiger partial charge in [0.25, 0.3) is 0 Å². The van der Waals surface area contributed by atoms with E-state index in [4.69, 9.17) is 4.98 Å². The van der Waals surface area contributed by atoms with Crippen molar-refractivity contribution in [3.8, 4) is 0 Å². The second kappa shape index (κ2) is 7.94. The lowest BCUT2D eigenvalue weighted by Gasteiger charge is -2.40. The van der Waals surface area contributed by atoms with Gasteiger partial charge in [0.15, 0.2) is 0 Å². The lowest BCUT2D eigenvalue weighted by molar-refractivity contribution is -0.135. The van der Waals surface area contributed by atoms with Crippen LogP contribution < -0.4 is 5.32 Å². The molecule has 1 aromatic heterocycles. The summed E-state index contributed by atoms with van der Waals surface area (Å²) in [5.74, 6) is 0.866. The number of hydrogen-bond acceptors (Lipinski definition) is 5. The van der Waals surface area contributed by atoms with Gasteiger partial charge in [-0.2, -0.15) is 4.31 Å². The number of nitrogens with one attached hydrogen (secondary N) is 1. The largest absolute Gasteiger partial charge is 0.353 e. The van der Waals surface area contributed by atoms with E-state index in [1.54, 1.807) is 16.4 Å². The fourth-order valence-corrected chi connectivity index (χ4v) is 5.98. The van der Waals surface area contributed by atoms with Gasteiger partial charge in [-0.3, -0.25) is 9.69 Å². The van der Waals surface area contributed by atoms with Crippen LogP contribution in [0.4, 0.5) is 0 Å². The average Bonchev–Trinajstić information content (AvgIpc) is 3.08. The average molecular weight is 434 g/mol. The molecule has 1 N–H and O–H groups in total. The second-order valence-corrected chi connectivity index (χ2v) is 10.6. The molecule has 0 radical (unpaired) electrons. The molecule has 1 aromatic carbocycles. The molecule has 30 heavy (non-hydrogen) atoms. The quantitative estimate of drug-likeness (QED) is 0.779. The summed E-state index contributed by atoms with van der Waals surface area (Å²) in [6.45, 7) is 9.70. The van der Waals surface area contributed by atoms with E-state index in [-0.39, 0.29) is 5.91 Å². The summed E-state index contributed by atoms with van der Waals surface area (Å²) in [4.78, 5) is 19.5. The number of aromatic nitrogens is 2. The Morgan fingerprint density at radius 1 is 1.13 bits per heavy atom. The van der Waals surface area contributed by atoms with Crippen LogP contribution in [0, 0.1) is 0 Å². The third-order valence-corrected chi connectivity index (χ3v) is 8.31. The van der Waals surface area contributed by atoms with Gasteiger partial charge in [0.2, 0.25) is 15.9 Å². The van der Waals surface area contributed by atoms with E-state index in [9.17, 15) is 13.2 Å². The Morgan fingerprint density at radius 3 is 2.57 bits per heavy atom. The molecule has 0 aliphatic carbocycles. The molecule has 3 heterocycles. The Labute approximate surface area is 178 Å². The molecular weight excluding hydrogens is 402 g/mol. The maximum absolute atomic E-state index is 13.1. The molecule has 2 aromatic rings. The highest BCUT2D eigenvalue weighted by atomic mass is 32.2. The molecule has 0 bridgehead atoms. The van der Waals surface area contributed by atoms with Gasteiger partial charge in [-0.05, 0) is 51.8 Å². The molecule has 2 aliphatic rings. The molecule has 0 unspecified atom stereocenters. The molecule has 0 spiro atoms. The first-order chi connectivity index (χ1) is 14.2. The molecule has 9 heteroatoms. The number of sulfonamides is 1. The lowest BCUT2D eigenvalue weighted by Crippen LogP contribution is -2.61. The summed E-state index contributed by atoms with van der Waals surface area (Å²) in [5, 5.41) is 2.92. The van der Waals surface area contributed by atoms with E-state index < -0.39 is 15.6 Å². The van der Waals surface area contributed by atoms with Crippen LogP contribution in [0.3, 0.4) is 0 Å². The van der Waals surface area contributed by atoms with Crippen LogP contribution >= 0.6 is 0 Å². The lowest BCUT2D eigenvalue weighted by atomic mass is 9.99. The first kappa shape index (κ1) is 21.3. The topological polar surface area (TPSA) is 87.5 Å². The zero-order chi connectivity index (χ0) is 21.5. The predicted octanol–water partition coefficient (Wildman–Crippen LogP) is 1.94. The van der Waals surface area contributed by atoms with Gasteiger partial charge in [0.1, 0.15) is 5.82 Å². The van der Waals surface area contributed by atoms with Gasteiger partial charge in [-0.1, -0.05) is 6.42 Å². The van der Waals surface area contributed by atoms with Crippen LogP contribution in [0.5, 0.6) is 0 Å². The fourth-order valence-electron chi connectivity index (χ4n) is 4.44. The fraction of sp³-hybridized carbons (Fsp3) is 0.619. The molecule has 0 atom stereocenters. The van der Waals surface area contributed by atoms with Crippen LogP contribution in [0.1, 0.15) is 45.9 Å². The maximum Gasteiger partial charge on any atom is 0.243 e. The van der Waals surface area contributed by atoms with E-state index >= 15 is 0 Å². The van der Waals surface area contributed by atoms with Gasteiger partial charge in [-0.25, -0.2) is 13.4 Å². The Kier molecular flexibility index (Phi) is 5.63. The molecule has 1 amide bonds. The van der Waals surface area contributed by atoms with E-state index in [0.717, 1.165) is 43.7 Å². The number of rotatable bonds is 5. The van der Waals surface area contributed by atoms with Crippen molar-refractivity contribution in [3.63, 3.8) is 0 Å². The van der Waals surface area contributed by atoms with Crippen LogP contribution in [0.2, 0.25) is 0 Å². The number of aryl methyl sites for hydroxylation is 1. The number of carbonyl (C=O) groups excluding carboxylic acids is 1. The monoisotopic (exact) mass is 433 g/mol. The maximum atomic E-state index is 13.1. The third-order valence-electron chi connectivity index (χ3n) is 6.41. The summed E-state index contributed by atoms with van der Waals surface area (Å²) < 4.78 is 29.8. The van der Waals surface area contributed by atoms with Crippen LogP contribution in [0.15, 0.2) is 23.1 Å². The van der Waals surface area contributed by atoms with Gasteiger partial charge in [0, 0.05) is 32.7 Å². The van der Waals surface area contributed by atoms with Gasteiger partial charge < -0.3 is 9.88 Å². The number of carbonyl (C=O) groups is 1. The van der Waals surface area contributed by atoms with E-state index in [2.05, 4.69) is 21.7 Å². The van der Waals surface area contributed by atoms with Crippen molar-refractivity contribution in [2.75, 3.05) is 26.2 Å². The molecule has 0 saturated carbocycles. The van der Waals surface area contributed by atoms with E-state index in [0.29, 0.717) is 36.6 Å². The molecule has 2 saturated heterocycles. The Hall–Kier alpha value is -1.97. The summed E-state index contributed by atoms with van der Waals surface area (Å²) in [6.07, 6.45) is 2.91. The number of amides is 1. The van der Waals surface area contributed by atoms with Crippen molar-refractivity contribution in [1.29, 1.82) is 0 Å². The standard InChI is InChI=1S/C21H31N5O3S/c1-4-26-18-9-8-16(30(28,29)25-11-6-5-7-12-25)14-17(18)23-19(26)15-24-13-10-22-20(27)21(24,2)3/h8-9,14H,4-7,10-13,15H2,1-3H3,(H,22,27). The highest BCUT2D eigenvalue weighted by molar-refractivity contribution is 7.89. The van der Waals surface area contributed by atoms with Crippen molar-refractivity contribution in [1.82, 2.24) is 24.1 Å². The SMILES string of the molecule is CCn1c(CN2CCNC(=O)C2(C)C)nc2cc(S(=O)(=O)N3CCCCC3)ccc21. The Balaban J connectivity index is 1.68. The highest BCUT2D eigenvalue weighted by Crippen LogP contribution is 2.27. The third kappa shape index (κ3) is 3.63. The summed E-state index contributed by atoms with van der Waals surface area (Å²) in [5.41, 5.74) is 0.992. The van der Waals surface area contributed by atoms with Crippen LogP contribution in [-0.4, -0.2) is 64.8 Å².